The molecule has 6 aromatic carbocycles. The second kappa shape index (κ2) is 7.21. The van der Waals surface area contributed by atoms with Crippen LogP contribution in [0.25, 0.3) is 33.4 Å². The smallest absolute Gasteiger partial charge is 0.0622 e. The van der Waals surface area contributed by atoms with Gasteiger partial charge in [0.1, 0.15) is 0 Å². The van der Waals surface area contributed by atoms with E-state index in [0.717, 1.165) is 0 Å². The Labute approximate surface area is 222 Å². The molecule has 0 fully saturated rings. The minimum absolute atomic E-state index is 0.272. The molecule has 0 saturated carbocycles. The topological polar surface area (TPSA) is 0 Å². The summed E-state index contributed by atoms with van der Waals surface area (Å²) in [5.41, 5.74) is 17.8. The van der Waals surface area contributed by atoms with Crippen LogP contribution < -0.4 is 0 Å². The van der Waals surface area contributed by atoms with Gasteiger partial charge in [-0.3, -0.25) is 0 Å². The summed E-state index contributed by atoms with van der Waals surface area (Å²) in [5.74, 6) is 0.272. The van der Waals surface area contributed by atoms with E-state index in [2.05, 4.69) is 140 Å². The molecular formula is C38H24. The highest BCUT2D eigenvalue weighted by Gasteiger charge is 2.58. The van der Waals surface area contributed by atoms with Gasteiger partial charge >= 0.3 is 0 Å². The quantitative estimate of drug-likeness (QED) is 0.231. The molecule has 0 nitrogen and oxygen atoms in total. The maximum absolute atomic E-state index is 2.40. The van der Waals surface area contributed by atoms with Crippen LogP contribution in [-0.4, -0.2) is 0 Å². The Hall–Kier alpha value is -4.68. The summed E-state index contributed by atoms with van der Waals surface area (Å²) in [6, 6.07) is 52.1. The van der Waals surface area contributed by atoms with Gasteiger partial charge in [0.25, 0.3) is 0 Å². The Morgan fingerprint density at radius 3 is 1.55 bits per heavy atom. The van der Waals surface area contributed by atoms with Crippen molar-refractivity contribution in [1.29, 1.82) is 0 Å². The Morgan fingerprint density at radius 1 is 0.368 bits per heavy atom. The third-order valence-electron chi connectivity index (χ3n) is 9.15. The molecule has 38 heavy (non-hydrogen) atoms. The van der Waals surface area contributed by atoms with E-state index in [1.807, 2.05) is 0 Å². The van der Waals surface area contributed by atoms with Crippen molar-refractivity contribution in [3.8, 4) is 33.4 Å². The molecule has 0 N–H and O–H groups in total. The molecule has 0 amide bonds. The van der Waals surface area contributed by atoms with Gasteiger partial charge < -0.3 is 0 Å². The highest BCUT2D eigenvalue weighted by atomic mass is 14.6. The highest BCUT2D eigenvalue weighted by molar-refractivity contribution is 6.02. The van der Waals surface area contributed by atoms with Crippen molar-refractivity contribution in [2.24, 2.45) is 0 Å². The summed E-state index contributed by atoms with van der Waals surface area (Å²) in [7, 11) is 0. The maximum atomic E-state index is 2.40. The zero-order chi connectivity index (χ0) is 24.8. The molecule has 4 aliphatic carbocycles. The summed E-state index contributed by atoms with van der Waals surface area (Å²) in [5, 5.41) is 0. The Bertz CT molecular complexity index is 1860. The summed E-state index contributed by atoms with van der Waals surface area (Å²) in [6.07, 6.45) is 0. The fourth-order valence-electron chi connectivity index (χ4n) is 7.92. The minimum Gasteiger partial charge on any atom is -0.0622 e. The summed E-state index contributed by atoms with van der Waals surface area (Å²) in [6.45, 7) is 0. The van der Waals surface area contributed by atoms with Gasteiger partial charge in [0, 0.05) is 5.92 Å². The van der Waals surface area contributed by atoms with E-state index in [1.165, 1.54) is 72.3 Å². The van der Waals surface area contributed by atoms with Gasteiger partial charge in [-0.05, 0) is 72.3 Å². The van der Waals surface area contributed by atoms with Crippen molar-refractivity contribution in [1.82, 2.24) is 0 Å². The van der Waals surface area contributed by atoms with Crippen molar-refractivity contribution >= 4 is 0 Å². The van der Waals surface area contributed by atoms with Crippen molar-refractivity contribution < 1.29 is 0 Å². The zero-order valence-corrected chi connectivity index (χ0v) is 20.9. The molecule has 4 aliphatic rings. The van der Waals surface area contributed by atoms with Crippen LogP contribution in [0.5, 0.6) is 0 Å². The van der Waals surface area contributed by atoms with Gasteiger partial charge in [-0.2, -0.15) is 0 Å². The Kier molecular flexibility index (Phi) is 3.87. The first kappa shape index (κ1) is 20.4. The SMILES string of the molecule is c1ccc(-c2ccc(-c3ccccc3)c3c2-c2cccc4c2C32c3ccccc3C4c3ccccc32)cc1. The van der Waals surface area contributed by atoms with E-state index in [-0.39, 0.29) is 11.3 Å². The third kappa shape index (κ3) is 2.28. The number of hydrogen-bond acceptors (Lipinski definition) is 0. The second-order valence-electron chi connectivity index (χ2n) is 10.8. The summed E-state index contributed by atoms with van der Waals surface area (Å²) >= 11 is 0. The van der Waals surface area contributed by atoms with Crippen LogP contribution in [0.1, 0.15) is 44.9 Å². The van der Waals surface area contributed by atoms with Gasteiger partial charge in [-0.25, -0.2) is 0 Å². The van der Waals surface area contributed by atoms with E-state index in [4.69, 9.17) is 0 Å². The van der Waals surface area contributed by atoms with E-state index >= 15 is 0 Å². The maximum Gasteiger partial charge on any atom is 0.0728 e. The average molecular weight is 481 g/mol. The summed E-state index contributed by atoms with van der Waals surface area (Å²) < 4.78 is 0. The minimum atomic E-state index is -0.334. The van der Waals surface area contributed by atoms with Crippen LogP contribution in [0.3, 0.4) is 0 Å². The van der Waals surface area contributed by atoms with Crippen LogP contribution in [0.15, 0.2) is 140 Å². The second-order valence-corrected chi connectivity index (χ2v) is 10.8. The van der Waals surface area contributed by atoms with Crippen molar-refractivity contribution in [2.75, 3.05) is 0 Å². The first-order valence-electron chi connectivity index (χ1n) is 13.5. The molecular weight excluding hydrogens is 456 g/mol. The standard InChI is InChI=1S/C38H24/c1-3-12-24(13-4-1)26-22-23-27(25-14-5-2-6-15-25)37-35(26)31-19-11-18-30-34-28-16-7-9-20-32(28)38(37,36(30)31)33-21-10-8-17-29(33)34/h1-23,34H. The van der Waals surface area contributed by atoms with Crippen LogP contribution in [0, 0.1) is 0 Å². The Balaban J connectivity index is 1.55. The molecule has 0 aliphatic heterocycles. The van der Waals surface area contributed by atoms with Gasteiger partial charge in [0.2, 0.25) is 0 Å². The van der Waals surface area contributed by atoms with Crippen LogP contribution in [-0.2, 0) is 5.41 Å². The van der Waals surface area contributed by atoms with Crippen molar-refractivity contribution in [2.45, 2.75) is 11.3 Å². The van der Waals surface area contributed by atoms with Crippen LogP contribution in [0.4, 0.5) is 0 Å². The molecule has 0 heterocycles. The van der Waals surface area contributed by atoms with E-state index in [1.54, 1.807) is 0 Å². The van der Waals surface area contributed by atoms with Gasteiger partial charge in [0.05, 0.1) is 5.41 Å². The molecule has 10 rings (SSSR count). The van der Waals surface area contributed by atoms with Gasteiger partial charge in [0.15, 0.2) is 0 Å². The summed E-state index contributed by atoms with van der Waals surface area (Å²) in [4.78, 5) is 0. The molecule has 2 bridgehead atoms. The highest BCUT2D eigenvalue weighted by Crippen LogP contribution is 2.69. The van der Waals surface area contributed by atoms with Crippen LogP contribution >= 0.6 is 0 Å². The Morgan fingerprint density at radius 2 is 0.895 bits per heavy atom. The molecule has 176 valence electrons. The largest absolute Gasteiger partial charge is 0.0728 e. The predicted molar refractivity (Wildman–Crippen MR) is 156 cm³/mol. The average Bonchev–Trinajstić information content (AvgIpc) is 3.31. The molecule has 0 saturated heterocycles. The van der Waals surface area contributed by atoms with E-state index < -0.39 is 0 Å². The fraction of sp³-hybridized carbons (Fsp3) is 0.0526. The number of rotatable bonds is 2. The first-order valence-corrected chi connectivity index (χ1v) is 13.5. The molecule has 0 radical (unpaired) electrons. The molecule has 6 aromatic rings. The molecule has 0 heteroatoms. The molecule has 1 spiro atoms. The predicted octanol–water partition coefficient (Wildman–Crippen LogP) is 9.19. The molecule has 0 atom stereocenters. The third-order valence-corrected chi connectivity index (χ3v) is 9.15. The fourth-order valence-corrected chi connectivity index (χ4v) is 7.92. The van der Waals surface area contributed by atoms with Gasteiger partial charge in [-0.15, -0.1) is 0 Å². The van der Waals surface area contributed by atoms with Crippen molar-refractivity contribution in [3.63, 3.8) is 0 Å². The number of benzene rings is 6. The van der Waals surface area contributed by atoms with Crippen LogP contribution in [0.2, 0.25) is 0 Å². The van der Waals surface area contributed by atoms with Gasteiger partial charge in [-0.1, -0.05) is 140 Å². The first-order chi connectivity index (χ1) is 18.9. The van der Waals surface area contributed by atoms with E-state index in [9.17, 15) is 0 Å². The molecule has 0 aromatic heterocycles. The zero-order valence-electron chi connectivity index (χ0n) is 20.9. The van der Waals surface area contributed by atoms with Crippen molar-refractivity contribution in [3.05, 3.63) is 178 Å². The lowest BCUT2D eigenvalue weighted by Crippen LogP contribution is -2.41. The lowest BCUT2D eigenvalue weighted by Gasteiger charge is -2.49. The lowest BCUT2D eigenvalue weighted by atomic mass is 9.52. The van der Waals surface area contributed by atoms with E-state index in [0.29, 0.717) is 0 Å². The normalized spacial score (nSPS) is 18.9. The number of fused-ring (bicyclic) bond motifs is 2. The monoisotopic (exact) mass is 480 g/mol. The number of hydrogen-bond donors (Lipinski definition) is 0. The molecule has 0 unspecified atom stereocenters. The lowest BCUT2D eigenvalue weighted by molar-refractivity contribution is 0.646.